The maximum absolute atomic E-state index is 6.20. The maximum atomic E-state index is 6.20. The van der Waals surface area contributed by atoms with Gasteiger partial charge in [-0.2, -0.15) is 5.10 Å². The predicted molar refractivity (Wildman–Crippen MR) is 144 cm³/mol. The van der Waals surface area contributed by atoms with Crippen LogP contribution in [0.15, 0.2) is 41.0 Å². The third-order valence-electron chi connectivity index (χ3n) is 6.86. The number of aromatic nitrogens is 3. The van der Waals surface area contributed by atoms with Crippen molar-refractivity contribution in [1.82, 2.24) is 19.5 Å². The summed E-state index contributed by atoms with van der Waals surface area (Å²) in [4.78, 5) is 7.36. The summed E-state index contributed by atoms with van der Waals surface area (Å²) in [5, 5.41) is 4.95. The average molecular weight is 534 g/mol. The summed E-state index contributed by atoms with van der Waals surface area (Å²) in [6.45, 7) is 13.6. The van der Waals surface area contributed by atoms with Crippen LogP contribution in [0.25, 0.3) is 16.9 Å². The number of nitrogens with zero attached hydrogens (tertiary/aromatic N) is 4. The normalized spacial score (nSPS) is 21.3. The quantitative estimate of drug-likeness (QED) is 0.334. The van der Waals surface area contributed by atoms with Crippen molar-refractivity contribution in [2.24, 2.45) is 11.8 Å². The molecule has 2 atom stereocenters. The van der Waals surface area contributed by atoms with E-state index in [0.717, 1.165) is 44.9 Å². The molecule has 0 spiro atoms. The average Bonchev–Trinajstić information content (AvgIpc) is 3.42. The number of piperidine rings is 1. The second-order valence-electron chi connectivity index (χ2n) is 9.18. The van der Waals surface area contributed by atoms with E-state index in [1.807, 2.05) is 51.1 Å². The molecule has 3 heterocycles. The number of likely N-dealkylation sites (tertiary alicyclic amines) is 1. The molecule has 1 aliphatic heterocycles. The van der Waals surface area contributed by atoms with Crippen molar-refractivity contribution in [3.63, 3.8) is 0 Å². The lowest BCUT2D eigenvalue weighted by Gasteiger charge is -2.36. The van der Waals surface area contributed by atoms with Gasteiger partial charge in [0.1, 0.15) is 0 Å². The zero-order chi connectivity index (χ0) is 24.0. The number of halogens is 2. The predicted octanol–water partition coefficient (Wildman–Crippen LogP) is 8.05. The van der Waals surface area contributed by atoms with E-state index in [4.69, 9.17) is 11.6 Å². The Kier molecular flexibility index (Phi) is 9.78. The largest absolute Gasteiger partial charge is 0.300 e. The van der Waals surface area contributed by atoms with Gasteiger partial charge in [-0.15, -0.1) is 0 Å². The van der Waals surface area contributed by atoms with E-state index in [9.17, 15) is 0 Å². The van der Waals surface area contributed by atoms with Crippen molar-refractivity contribution in [2.45, 2.75) is 72.8 Å². The minimum Gasteiger partial charge on any atom is -0.300 e. The molecule has 1 aliphatic carbocycles. The molecule has 3 aromatic rings. The first kappa shape index (κ1) is 26.2. The van der Waals surface area contributed by atoms with Gasteiger partial charge in [0.05, 0.1) is 16.4 Å². The first-order chi connectivity index (χ1) is 15.9. The minimum atomic E-state index is 0.699. The number of aryl methyl sites for hydroxylation is 1. The summed E-state index contributed by atoms with van der Waals surface area (Å²) in [6.07, 6.45) is 9.02. The molecular formula is C27H38BrClN4. The Morgan fingerprint density at radius 3 is 2.36 bits per heavy atom. The monoisotopic (exact) mass is 532 g/mol. The van der Waals surface area contributed by atoms with Gasteiger partial charge in [-0.1, -0.05) is 63.9 Å². The fourth-order valence-corrected chi connectivity index (χ4v) is 5.50. The zero-order valence-electron chi connectivity index (χ0n) is 20.7. The first-order valence-electron chi connectivity index (χ1n) is 12.4. The van der Waals surface area contributed by atoms with Crippen LogP contribution in [-0.4, -0.2) is 38.6 Å². The van der Waals surface area contributed by atoms with E-state index in [2.05, 4.69) is 44.8 Å². The highest BCUT2D eigenvalue weighted by molar-refractivity contribution is 9.10. The Morgan fingerprint density at radius 1 is 1.03 bits per heavy atom. The van der Waals surface area contributed by atoms with Crippen LogP contribution in [0, 0.1) is 18.8 Å². The summed E-state index contributed by atoms with van der Waals surface area (Å²) in [7, 11) is 0. The van der Waals surface area contributed by atoms with Crippen LogP contribution < -0.4 is 0 Å². The maximum Gasteiger partial charge on any atom is 0.170 e. The van der Waals surface area contributed by atoms with Crippen molar-refractivity contribution in [1.29, 1.82) is 0 Å². The lowest BCUT2D eigenvalue weighted by atomic mass is 9.95. The van der Waals surface area contributed by atoms with Gasteiger partial charge in [0.2, 0.25) is 0 Å². The molecule has 0 bridgehead atoms. The summed E-state index contributed by atoms with van der Waals surface area (Å²) in [5.74, 6) is 1.95. The van der Waals surface area contributed by atoms with Crippen molar-refractivity contribution >= 4 is 33.2 Å². The smallest absolute Gasteiger partial charge is 0.170 e. The van der Waals surface area contributed by atoms with Gasteiger partial charge in [-0.3, -0.25) is 0 Å². The van der Waals surface area contributed by atoms with Crippen molar-refractivity contribution in [3.05, 3.63) is 51.7 Å². The van der Waals surface area contributed by atoms with Crippen molar-refractivity contribution in [2.75, 3.05) is 13.1 Å². The van der Waals surface area contributed by atoms with Gasteiger partial charge in [-0.05, 0) is 85.6 Å². The molecule has 180 valence electrons. The number of hydrogen-bond donors (Lipinski definition) is 0. The summed E-state index contributed by atoms with van der Waals surface area (Å²) >= 11 is 9.65. The molecule has 0 amide bonds. The molecule has 33 heavy (non-hydrogen) atoms. The van der Waals surface area contributed by atoms with Crippen LogP contribution in [0.1, 0.15) is 65.5 Å². The highest BCUT2D eigenvalue weighted by Crippen LogP contribution is 2.32. The Morgan fingerprint density at radius 2 is 1.73 bits per heavy atom. The number of hydrogen-bond acceptors (Lipinski definition) is 3. The van der Waals surface area contributed by atoms with Crippen molar-refractivity contribution < 1.29 is 0 Å². The standard InChI is InChI=1S/C13H9BrClN3.C12H23N.C2H6/c1-8-6-12(9-4-2-3-5-11(9)15)17-13-10(14)7-16-18(8)13;1-10-6-8-13(9-7-10)12-5-3-4-11(12)2;1-2/h2-7H,1H3;10-12H,3-9H2,1-2H3;1-2H3. The highest BCUT2D eigenvalue weighted by Gasteiger charge is 2.30. The summed E-state index contributed by atoms with van der Waals surface area (Å²) in [5.41, 5.74) is 3.59. The van der Waals surface area contributed by atoms with Crippen molar-refractivity contribution in [3.8, 4) is 11.3 Å². The fourth-order valence-electron chi connectivity index (χ4n) is 4.92. The molecule has 2 aliphatic rings. The topological polar surface area (TPSA) is 33.4 Å². The Hall–Kier alpha value is -1.43. The zero-order valence-corrected chi connectivity index (χ0v) is 23.0. The van der Waals surface area contributed by atoms with E-state index >= 15 is 0 Å². The van der Waals surface area contributed by atoms with Gasteiger partial charge in [0.15, 0.2) is 5.65 Å². The van der Waals surface area contributed by atoms with Gasteiger partial charge in [0, 0.05) is 22.3 Å². The van der Waals surface area contributed by atoms with Crippen LogP contribution >= 0.6 is 27.5 Å². The number of benzene rings is 1. The number of rotatable bonds is 2. The molecule has 0 radical (unpaired) electrons. The molecule has 2 unspecified atom stereocenters. The molecule has 5 rings (SSSR count). The second-order valence-corrected chi connectivity index (χ2v) is 10.4. The Balaban J connectivity index is 0.000000181. The summed E-state index contributed by atoms with van der Waals surface area (Å²) < 4.78 is 2.67. The molecule has 1 aromatic carbocycles. The molecular weight excluding hydrogens is 496 g/mol. The Bertz CT molecular complexity index is 1030. The first-order valence-corrected chi connectivity index (χ1v) is 13.6. The minimum absolute atomic E-state index is 0.699. The van der Waals surface area contributed by atoms with Crippen LogP contribution in [0.5, 0.6) is 0 Å². The highest BCUT2D eigenvalue weighted by atomic mass is 79.9. The summed E-state index contributed by atoms with van der Waals surface area (Å²) in [6, 6.07) is 10.6. The van der Waals surface area contributed by atoms with E-state index in [1.165, 1.54) is 45.2 Å². The van der Waals surface area contributed by atoms with E-state index in [1.54, 1.807) is 10.7 Å². The van der Waals surface area contributed by atoms with Crippen LogP contribution in [0.4, 0.5) is 0 Å². The van der Waals surface area contributed by atoms with Crippen LogP contribution in [0.2, 0.25) is 5.02 Å². The van der Waals surface area contributed by atoms with Gasteiger partial charge in [0.25, 0.3) is 0 Å². The molecule has 4 nitrogen and oxygen atoms in total. The Labute approximate surface area is 212 Å². The molecule has 2 aromatic heterocycles. The molecule has 1 saturated carbocycles. The van der Waals surface area contributed by atoms with E-state index in [0.29, 0.717) is 5.02 Å². The van der Waals surface area contributed by atoms with Gasteiger partial charge in [-0.25, -0.2) is 9.50 Å². The number of fused-ring (bicyclic) bond motifs is 1. The van der Waals surface area contributed by atoms with Gasteiger partial charge < -0.3 is 4.90 Å². The SMILES string of the molecule is CC.CC1CCN(C2CCCC2C)CC1.Cc1cc(-c2ccccc2Cl)nc2c(Br)cnn12. The second kappa shape index (κ2) is 12.3. The van der Waals surface area contributed by atoms with E-state index < -0.39 is 0 Å². The van der Waals surface area contributed by atoms with Crippen LogP contribution in [-0.2, 0) is 0 Å². The van der Waals surface area contributed by atoms with Gasteiger partial charge >= 0.3 is 0 Å². The third kappa shape index (κ3) is 6.37. The molecule has 6 heteroatoms. The lowest BCUT2D eigenvalue weighted by Crippen LogP contribution is -2.42. The lowest BCUT2D eigenvalue weighted by molar-refractivity contribution is 0.117. The van der Waals surface area contributed by atoms with Crippen LogP contribution in [0.3, 0.4) is 0 Å². The fraction of sp³-hybridized carbons (Fsp3) is 0.556. The molecule has 0 N–H and O–H groups in total. The van der Waals surface area contributed by atoms with E-state index in [-0.39, 0.29) is 0 Å². The molecule has 1 saturated heterocycles. The molecule has 2 fully saturated rings. The third-order valence-corrected chi connectivity index (χ3v) is 7.75.